The summed E-state index contributed by atoms with van der Waals surface area (Å²) in [6.45, 7) is 1.47. The minimum atomic E-state index is -0.122. The Morgan fingerprint density at radius 2 is 1.43 bits per heavy atom. The fraction of sp³-hybridized carbons (Fsp3) is 0.0435. The summed E-state index contributed by atoms with van der Waals surface area (Å²) < 4.78 is 0. The number of rotatable bonds is 4. The normalized spacial score (nSPS) is 12.7. The Morgan fingerprint density at radius 3 is 2.07 bits per heavy atom. The van der Waals surface area contributed by atoms with Crippen LogP contribution in [0.3, 0.4) is 0 Å². The summed E-state index contributed by atoms with van der Waals surface area (Å²) in [5.41, 5.74) is 5.25. The molecule has 4 nitrogen and oxygen atoms in total. The minimum Gasteiger partial charge on any atom is -0.354 e. The lowest BCUT2D eigenvalue weighted by atomic mass is 10.0. The molecule has 0 atom stereocenters. The quantitative estimate of drug-likeness (QED) is 0.622. The summed E-state index contributed by atoms with van der Waals surface area (Å²) >= 11 is 6.01. The van der Waals surface area contributed by atoms with Crippen molar-refractivity contribution in [1.82, 2.24) is 0 Å². The monoisotopic (exact) mass is 388 g/mol. The maximum Gasteiger partial charge on any atom is 0.221 e. The first-order valence-corrected chi connectivity index (χ1v) is 9.20. The fourth-order valence-corrected chi connectivity index (χ4v) is 3.41. The number of carbonyl (C=O) groups excluding carboxylic acids is 2. The van der Waals surface area contributed by atoms with Crippen LogP contribution in [0.1, 0.15) is 28.4 Å². The third-order valence-electron chi connectivity index (χ3n) is 4.53. The van der Waals surface area contributed by atoms with Gasteiger partial charge in [-0.05, 0) is 42.0 Å². The van der Waals surface area contributed by atoms with E-state index >= 15 is 0 Å². The largest absolute Gasteiger partial charge is 0.354 e. The van der Waals surface area contributed by atoms with Crippen molar-refractivity contribution >= 4 is 45.9 Å². The molecule has 3 aromatic carbocycles. The summed E-state index contributed by atoms with van der Waals surface area (Å²) in [5, 5.41) is 6.75. The molecule has 1 aliphatic rings. The van der Waals surface area contributed by atoms with Crippen molar-refractivity contribution in [2.75, 3.05) is 10.6 Å². The lowest BCUT2D eigenvalue weighted by molar-refractivity contribution is -0.114. The van der Waals surface area contributed by atoms with Gasteiger partial charge >= 0.3 is 0 Å². The first kappa shape index (κ1) is 18.0. The number of benzene rings is 3. The van der Waals surface area contributed by atoms with Crippen LogP contribution in [0.5, 0.6) is 0 Å². The smallest absolute Gasteiger partial charge is 0.221 e. The van der Waals surface area contributed by atoms with E-state index in [1.54, 1.807) is 12.1 Å². The van der Waals surface area contributed by atoms with E-state index < -0.39 is 0 Å². The van der Waals surface area contributed by atoms with Gasteiger partial charge in [-0.3, -0.25) is 9.59 Å². The van der Waals surface area contributed by atoms with Crippen LogP contribution in [0.25, 0.3) is 11.3 Å². The lowest BCUT2D eigenvalue weighted by Crippen LogP contribution is -2.05. The Hall–Kier alpha value is -3.37. The SMILES string of the molecule is CC(=O)Nc1ccc(NC2=C(c3ccc(Cl)cc3)C(=O)c3ccccc32)cc1. The average Bonchev–Trinajstić information content (AvgIpc) is 2.96. The van der Waals surface area contributed by atoms with Gasteiger partial charge in [-0.2, -0.15) is 0 Å². The Kier molecular flexibility index (Phi) is 4.72. The summed E-state index contributed by atoms with van der Waals surface area (Å²) in [4.78, 5) is 24.3. The van der Waals surface area contributed by atoms with E-state index in [1.165, 1.54) is 6.92 Å². The number of ketones is 1. The minimum absolute atomic E-state index is 0.0183. The first-order valence-electron chi connectivity index (χ1n) is 8.82. The highest BCUT2D eigenvalue weighted by atomic mass is 35.5. The van der Waals surface area contributed by atoms with Crippen LogP contribution < -0.4 is 10.6 Å². The van der Waals surface area contributed by atoms with Gasteiger partial charge in [0.25, 0.3) is 0 Å². The van der Waals surface area contributed by atoms with Gasteiger partial charge in [0.05, 0.1) is 11.3 Å². The third-order valence-corrected chi connectivity index (χ3v) is 4.78. The van der Waals surface area contributed by atoms with Gasteiger partial charge < -0.3 is 10.6 Å². The predicted octanol–water partition coefficient (Wildman–Crippen LogP) is 5.48. The highest BCUT2D eigenvalue weighted by Crippen LogP contribution is 2.39. The Balaban J connectivity index is 1.76. The first-order chi connectivity index (χ1) is 13.5. The molecule has 5 heteroatoms. The zero-order chi connectivity index (χ0) is 19.7. The van der Waals surface area contributed by atoms with E-state index in [9.17, 15) is 9.59 Å². The van der Waals surface area contributed by atoms with Crippen molar-refractivity contribution < 1.29 is 9.59 Å². The van der Waals surface area contributed by atoms with Crippen molar-refractivity contribution in [2.45, 2.75) is 6.92 Å². The molecule has 0 saturated heterocycles. The number of anilines is 2. The van der Waals surface area contributed by atoms with Crippen LogP contribution in [0, 0.1) is 0 Å². The van der Waals surface area contributed by atoms with Gasteiger partial charge in [-0.15, -0.1) is 0 Å². The number of amides is 1. The number of allylic oxidation sites excluding steroid dienone is 1. The Morgan fingerprint density at radius 1 is 0.821 bits per heavy atom. The zero-order valence-corrected chi connectivity index (χ0v) is 15.9. The van der Waals surface area contributed by atoms with Crippen molar-refractivity contribution in [1.29, 1.82) is 0 Å². The maximum absolute atomic E-state index is 13.1. The molecule has 4 rings (SSSR count). The van der Waals surface area contributed by atoms with Crippen molar-refractivity contribution in [3.05, 3.63) is 94.5 Å². The van der Waals surface area contributed by atoms with Crippen molar-refractivity contribution in [2.24, 2.45) is 0 Å². The van der Waals surface area contributed by atoms with Crippen LogP contribution in [0.2, 0.25) is 5.02 Å². The van der Waals surface area contributed by atoms with E-state index in [-0.39, 0.29) is 11.7 Å². The molecule has 2 N–H and O–H groups in total. The molecule has 0 spiro atoms. The molecule has 138 valence electrons. The average molecular weight is 389 g/mol. The molecular formula is C23H17ClN2O2. The van der Waals surface area contributed by atoms with Gasteiger partial charge in [0.2, 0.25) is 5.91 Å². The van der Waals surface area contributed by atoms with Gasteiger partial charge in [0.1, 0.15) is 0 Å². The molecule has 3 aromatic rings. The molecule has 0 bridgehead atoms. The number of hydrogen-bond donors (Lipinski definition) is 2. The molecule has 0 aromatic heterocycles. The van der Waals surface area contributed by atoms with Gasteiger partial charge in [-0.1, -0.05) is 48.0 Å². The fourth-order valence-electron chi connectivity index (χ4n) is 3.29. The molecule has 0 heterocycles. The Bertz CT molecular complexity index is 1100. The van der Waals surface area contributed by atoms with E-state index in [2.05, 4.69) is 10.6 Å². The third kappa shape index (κ3) is 3.42. The van der Waals surface area contributed by atoms with Crippen LogP contribution in [-0.4, -0.2) is 11.7 Å². The zero-order valence-electron chi connectivity index (χ0n) is 15.1. The topological polar surface area (TPSA) is 58.2 Å². The number of nitrogens with one attached hydrogen (secondary N) is 2. The van der Waals surface area contributed by atoms with E-state index in [1.807, 2.05) is 60.7 Å². The number of halogens is 1. The number of fused-ring (bicyclic) bond motifs is 1. The Labute approximate surface area is 167 Å². The molecular weight excluding hydrogens is 372 g/mol. The van der Waals surface area contributed by atoms with Crippen molar-refractivity contribution in [3.63, 3.8) is 0 Å². The van der Waals surface area contributed by atoms with Crippen LogP contribution >= 0.6 is 11.6 Å². The van der Waals surface area contributed by atoms with Gasteiger partial charge in [0.15, 0.2) is 5.78 Å². The van der Waals surface area contributed by atoms with Crippen LogP contribution in [0.15, 0.2) is 72.8 Å². The summed E-state index contributed by atoms with van der Waals surface area (Å²) in [6.07, 6.45) is 0. The molecule has 1 aliphatic carbocycles. The maximum atomic E-state index is 13.1. The predicted molar refractivity (Wildman–Crippen MR) is 113 cm³/mol. The van der Waals surface area contributed by atoms with Gasteiger partial charge in [-0.25, -0.2) is 0 Å². The summed E-state index contributed by atoms with van der Waals surface area (Å²) in [7, 11) is 0. The van der Waals surface area contributed by atoms with E-state index in [4.69, 9.17) is 11.6 Å². The standard InChI is InChI=1S/C23H17ClN2O2/c1-14(27)25-17-10-12-18(13-11-17)26-22-19-4-2-3-5-20(19)23(28)21(22)15-6-8-16(24)9-7-15/h2-13,26H,1H3,(H,25,27). The summed E-state index contributed by atoms with van der Waals surface area (Å²) in [5.74, 6) is -0.140. The highest BCUT2D eigenvalue weighted by molar-refractivity contribution is 6.40. The number of hydrogen-bond acceptors (Lipinski definition) is 3. The lowest BCUT2D eigenvalue weighted by Gasteiger charge is -2.12. The summed E-state index contributed by atoms with van der Waals surface area (Å²) in [6, 6.07) is 22.2. The second-order valence-electron chi connectivity index (χ2n) is 6.52. The van der Waals surface area contributed by atoms with E-state index in [0.717, 1.165) is 22.5 Å². The molecule has 1 amide bonds. The number of Topliss-reactive ketones (excluding diaryl/α,β-unsaturated/α-hetero) is 1. The molecule has 0 saturated carbocycles. The van der Waals surface area contributed by atoms with Gasteiger partial charge in [0, 0.05) is 34.4 Å². The second kappa shape index (κ2) is 7.33. The number of carbonyl (C=O) groups is 2. The molecule has 28 heavy (non-hydrogen) atoms. The van der Waals surface area contributed by atoms with E-state index in [0.29, 0.717) is 21.8 Å². The van der Waals surface area contributed by atoms with Crippen LogP contribution in [-0.2, 0) is 4.79 Å². The molecule has 0 unspecified atom stereocenters. The van der Waals surface area contributed by atoms with Crippen LogP contribution in [0.4, 0.5) is 11.4 Å². The molecule has 0 radical (unpaired) electrons. The molecule has 0 aliphatic heterocycles. The second-order valence-corrected chi connectivity index (χ2v) is 6.95. The molecule has 0 fully saturated rings. The van der Waals surface area contributed by atoms with Crippen molar-refractivity contribution in [3.8, 4) is 0 Å². The highest BCUT2D eigenvalue weighted by Gasteiger charge is 2.30.